The van der Waals surface area contributed by atoms with Crippen molar-refractivity contribution in [2.45, 2.75) is 32.1 Å². The van der Waals surface area contributed by atoms with Crippen LogP contribution in [0.3, 0.4) is 0 Å². The predicted octanol–water partition coefficient (Wildman–Crippen LogP) is -0.839. The van der Waals surface area contributed by atoms with Gasteiger partial charge in [-0.25, -0.2) is 9.78 Å². The highest BCUT2D eigenvalue weighted by Crippen LogP contribution is 2.22. The summed E-state index contributed by atoms with van der Waals surface area (Å²) in [4.78, 5) is 30.2. The highest BCUT2D eigenvalue weighted by molar-refractivity contribution is 7.80. The van der Waals surface area contributed by atoms with Crippen molar-refractivity contribution in [2.24, 2.45) is 7.05 Å². The quantitative estimate of drug-likeness (QED) is 0.419. The highest BCUT2D eigenvalue weighted by atomic mass is 32.1. The van der Waals surface area contributed by atoms with Crippen molar-refractivity contribution >= 4 is 23.8 Å². The van der Waals surface area contributed by atoms with Gasteiger partial charge in [0.05, 0.1) is 12.6 Å². The van der Waals surface area contributed by atoms with Gasteiger partial charge in [0.2, 0.25) is 0 Å². The third-order valence-corrected chi connectivity index (χ3v) is 3.76. The molecular formula is C14H18N4O4S. The summed E-state index contributed by atoms with van der Waals surface area (Å²) in [5.74, 6) is 5.96. The highest BCUT2D eigenvalue weighted by Gasteiger charge is 2.26. The van der Waals surface area contributed by atoms with Crippen LogP contribution in [0.1, 0.15) is 25.3 Å². The zero-order valence-electron chi connectivity index (χ0n) is 12.8. The van der Waals surface area contributed by atoms with Crippen LogP contribution in [0.4, 0.5) is 0 Å². The van der Waals surface area contributed by atoms with Gasteiger partial charge in [0.15, 0.2) is 11.2 Å². The van der Waals surface area contributed by atoms with Gasteiger partial charge in [0.1, 0.15) is 11.9 Å². The Hall–Kier alpha value is -2.02. The lowest BCUT2D eigenvalue weighted by Crippen LogP contribution is -2.29. The van der Waals surface area contributed by atoms with E-state index in [1.807, 2.05) is 0 Å². The number of rotatable bonds is 5. The number of aromatic nitrogens is 4. The van der Waals surface area contributed by atoms with Crippen molar-refractivity contribution in [3.8, 4) is 11.8 Å². The summed E-state index contributed by atoms with van der Waals surface area (Å²) in [5.41, 5.74) is -0.966. The Morgan fingerprint density at radius 3 is 2.70 bits per heavy atom. The number of aromatic amines is 1. The number of fused-ring (bicyclic) bond motifs is 1. The Bertz CT molecular complexity index is 886. The monoisotopic (exact) mass is 338 g/mol. The van der Waals surface area contributed by atoms with E-state index in [4.69, 9.17) is 0 Å². The van der Waals surface area contributed by atoms with E-state index in [1.165, 1.54) is 16.2 Å². The third-order valence-electron chi connectivity index (χ3n) is 3.50. The van der Waals surface area contributed by atoms with Crippen LogP contribution < -0.4 is 11.2 Å². The van der Waals surface area contributed by atoms with E-state index >= 15 is 0 Å². The molecule has 0 amide bonds. The molecule has 9 heteroatoms. The molecule has 0 saturated carbocycles. The van der Waals surface area contributed by atoms with Crippen LogP contribution in [0.2, 0.25) is 0 Å². The summed E-state index contributed by atoms with van der Waals surface area (Å²) in [5, 5.41) is 20.3. The SMILES string of the molecule is CC#CCn1c(C(O)C(O)CCS)nc2c1c(=O)[nH]c(=O)n2C. The van der Waals surface area contributed by atoms with Crippen LogP contribution in [-0.4, -0.2) is 41.2 Å². The van der Waals surface area contributed by atoms with Crippen molar-refractivity contribution in [3.05, 3.63) is 26.7 Å². The first-order valence-corrected chi connectivity index (χ1v) is 7.61. The molecule has 0 saturated heterocycles. The second kappa shape index (κ2) is 7.04. The topological polar surface area (TPSA) is 113 Å². The van der Waals surface area contributed by atoms with Gasteiger partial charge in [-0.2, -0.15) is 12.6 Å². The van der Waals surface area contributed by atoms with E-state index < -0.39 is 23.5 Å². The van der Waals surface area contributed by atoms with Crippen LogP contribution in [-0.2, 0) is 13.6 Å². The van der Waals surface area contributed by atoms with Gasteiger partial charge < -0.3 is 14.8 Å². The molecule has 0 fully saturated rings. The maximum Gasteiger partial charge on any atom is 0.329 e. The number of thiol groups is 1. The molecule has 2 aromatic rings. The van der Waals surface area contributed by atoms with Gasteiger partial charge in [-0.3, -0.25) is 14.3 Å². The van der Waals surface area contributed by atoms with E-state index in [1.54, 1.807) is 6.92 Å². The van der Waals surface area contributed by atoms with E-state index in [2.05, 4.69) is 34.4 Å². The summed E-state index contributed by atoms with van der Waals surface area (Å²) in [6.07, 6.45) is -2.15. The molecule has 0 aromatic carbocycles. The number of hydrogen-bond acceptors (Lipinski definition) is 6. The molecule has 124 valence electrons. The summed E-state index contributed by atoms with van der Waals surface area (Å²) in [6.45, 7) is 1.75. The predicted molar refractivity (Wildman–Crippen MR) is 88.5 cm³/mol. The molecule has 2 atom stereocenters. The lowest BCUT2D eigenvalue weighted by Gasteiger charge is -2.17. The Kier molecular flexibility index (Phi) is 5.30. The Labute approximate surface area is 137 Å². The molecule has 3 N–H and O–H groups in total. The van der Waals surface area contributed by atoms with Gasteiger partial charge in [-0.1, -0.05) is 5.92 Å². The molecule has 0 spiro atoms. The number of aryl methyl sites for hydroxylation is 1. The molecule has 0 aliphatic rings. The number of H-pyrrole nitrogens is 1. The number of hydrogen-bond donors (Lipinski definition) is 4. The van der Waals surface area contributed by atoms with Crippen molar-refractivity contribution in [1.29, 1.82) is 0 Å². The normalized spacial score (nSPS) is 13.6. The van der Waals surface area contributed by atoms with Gasteiger partial charge >= 0.3 is 5.69 Å². The average molecular weight is 338 g/mol. The lowest BCUT2D eigenvalue weighted by atomic mass is 10.1. The molecule has 8 nitrogen and oxygen atoms in total. The average Bonchev–Trinajstić information content (AvgIpc) is 2.90. The minimum absolute atomic E-state index is 0.0868. The first-order valence-electron chi connectivity index (χ1n) is 6.98. The van der Waals surface area contributed by atoms with Crippen molar-refractivity contribution in [1.82, 2.24) is 19.1 Å². The minimum atomic E-state index is -1.32. The maximum absolute atomic E-state index is 12.1. The van der Waals surface area contributed by atoms with E-state index in [0.717, 1.165) is 0 Å². The van der Waals surface area contributed by atoms with Crippen LogP contribution in [0.15, 0.2) is 9.59 Å². The van der Waals surface area contributed by atoms with Crippen molar-refractivity contribution in [3.63, 3.8) is 0 Å². The fraction of sp³-hybridized carbons (Fsp3) is 0.500. The summed E-state index contributed by atoms with van der Waals surface area (Å²) in [6, 6.07) is 0. The lowest BCUT2D eigenvalue weighted by molar-refractivity contribution is 0.0104. The second-order valence-corrected chi connectivity index (χ2v) is 5.45. The molecular weight excluding hydrogens is 320 g/mol. The largest absolute Gasteiger partial charge is 0.390 e. The number of aliphatic hydroxyl groups excluding tert-OH is 2. The van der Waals surface area contributed by atoms with Gasteiger partial charge in [-0.15, -0.1) is 5.92 Å². The zero-order chi connectivity index (χ0) is 17.1. The van der Waals surface area contributed by atoms with E-state index in [-0.39, 0.29) is 30.0 Å². The molecule has 2 unspecified atom stereocenters. The molecule has 2 aromatic heterocycles. The zero-order valence-corrected chi connectivity index (χ0v) is 13.7. The molecule has 23 heavy (non-hydrogen) atoms. The molecule has 2 heterocycles. The van der Waals surface area contributed by atoms with E-state index in [0.29, 0.717) is 5.75 Å². The molecule has 2 rings (SSSR count). The van der Waals surface area contributed by atoms with Crippen LogP contribution >= 0.6 is 12.6 Å². The summed E-state index contributed by atoms with van der Waals surface area (Å²) >= 11 is 4.02. The standard InChI is InChI=1S/C14H18N4O4S/c1-3-4-6-18-9-11(17(2)14(22)16-13(9)21)15-12(18)10(20)8(19)5-7-23/h8,10,19-20,23H,5-7H2,1-2H3,(H,16,21,22). The second-order valence-electron chi connectivity index (χ2n) is 5.00. The molecule has 0 radical (unpaired) electrons. The summed E-state index contributed by atoms with van der Waals surface area (Å²) < 4.78 is 2.59. The Balaban J connectivity index is 2.74. The number of nitrogens with zero attached hydrogens (tertiary/aromatic N) is 3. The van der Waals surface area contributed by atoms with Crippen molar-refractivity contribution in [2.75, 3.05) is 5.75 Å². The number of nitrogens with one attached hydrogen (secondary N) is 1. The first kappa shape index (κ1) is 17.3. The smallest absolute Gasteiger partial charge is 0.329 e. The molecule has 0 bridgehead atoms. The third kappa shape index (κ3) is 3.19. The van der Waals surface area contributed by atoms with Gasteiger partial charge in [-0.05, 0) is 19.1 Å². The number of imidazole rings is 1. The van der Waals surface area contributed by atoms with Gasteiger partial charge in [0.25, 0.3) is 5.56 Å². The summed E-state index contributed by atoms with van der Waals surface area (Å²) in [7, 11) is 1.46. The number of aliphatic hydroxyl groups is 2. The molecule has 0 aliphatic carbocycles. The van der Waals surface area contributed by atoms with Crippen LogP contribution in [0, 0.1) is 11.8 Å². The fourth-order valence-electron chi connectivity index (χ4n) is 2.26. The van der Waals surface area contributed by atoms with E-state index in [9.17, 15) is 19.8 Å². The van der Waals surface area contributed by atoms with Crippen molar-refractivity contribution < 1.29 is 10.2 Å². The minimum Gasteiger partial charge on any atom is -0.390 e. The van der Waals surface area contributed by atoms with Crippen LogP contribution in [0.25, 0.3) is 11.2 Å². The van der Waals surface area contributed by atoms with Gasteiger partial charge in [0, 0.05) is 7.05 Å². The fourth-order valence-corrected chi connectivity index (χ4v) is 2.52. The first-order chi connectivity index (χ1) is 10.9. The molecule has 0 aliphatic heterocycles. The Morgan fingerprint density at radius 2 is 2.09 bits per heavy atom. The van der Waals surface area contributed by atoms with Crippen LogP contribution in [0.5, 0.6) is 0 Å². The maximum atomic E-state index is 12.1. The Morgan fingerprint density at radius 1 is 1.39 bits per heavy atom.